The summed E-state index contributed by atoms with van der Waals surface area (Å²) in [5, 5.41) is 12.8. The van der Waals surface area contributed by atoms with Gasteiger partial charge in [0.1, 0.15) is 0 Å². The first-order valence-electron chi connectivity index (χ1n) is 8.48. The van der Waals surface area contributed by atoms with Crippen LogP contribution in [0.3, 0.4) is 0 Å². The number of hydrogen-bond donors (Lipinski definition) is 2. The molecule has 0 aromatic carbocycles. The SMILES string of the molecule is C[C@@H]1[C@H](C)CCC[C@H]1NC(=O)[C@@H](C)Sc1n[nH]c(-c2cccs2)n1. The maximum absolute atomic E-state index is 12.5. The van der Waals surface area contributed by atoms with Gasteiger partial charge in [-0.15, -0.1) is 16.4 Å². The second kappa shape index (κ2) is 7.70. The first kappa shape index (κ1) is 17.5. The van der Waals surface area contributed by atoms with E-state index in [1.165, 1.54) is 24.6 Å². The number of aromatic amines is 1. The lowest BCUT2D eigenvalue weighted by molar-refractivity contribution is -0.121. The van der Waals surface area contributed by atoms with Crippen LogP contribution in [0.15, 0.2) is 22.7 Å². The van der Waals surface area contributed by atoms with E-state index in [0.717, 1.165) is 17.1 Å². The number of amides is 1. The van der Waals surface area contributed by atoms with Gasteiger partial charge in [-0.25, -0.2) is 4.98 Å². The summed E-state index contributed by atoms with van der Waals surface area (Å²) in [6.45, 7) is 6.44. The van der Waals surface area contributed by atoms with Crippen molar-refractivity contribution in [2.75, 3.05) is 0 Å². The van der Waals surface area contributed by atoms with Crippen molar-refractivity contribution in [1.82, 2.24) is 20.5 Å². The summed E-state index contributed by atoms with van der Waals surface area (Å²) in [5.41, 5.74) is 0. The smallest absolute Gasteiger partial charge is 0.233 e. The van der Waals surface area contributed by atoms with Crippen LogP contribution in [-0.2, 0) is 4.79 Å². The van der Waals surface area contributed by atoms with Gasteiger partial charge in [-0.3, -0.25) is 9.89 Å². The van der Waals surface area contributed by atoms with Gasteiger partial charge in [0, 0.05) is 6.04 Å². The molecule has 0 unspecified atom stereocenters. The van der Waals surface area contributed by atoms with E-state index in [2.05, 4.69) is 34.3 Å². The monoisotopic (exact) mass is 364 g/mol. The molecule has 1 amide bonds. The van der Waals surface area contributed by atoms with E-state index in [1.54, 1.807) is 11.3 Å². The second-order valence-electron chi connectivity index (χ2n) is 6.59. The zero-order valence-electron chi connectivity index (χ0n) is 14.3. The number of hydrogen-bond acceptors (Lipinski definition) is 5. The van der Waals surface area contributed by atoms with Crippen molar-refractivity contribution in [2.24, 2.45) is 11.8 Å². The second-order valence-corrected chi connectivity index (χ2v) is 8.84. The molecule has 4 atom stereocenters. The van der Waals surface area contributed by atoms with E-state index in [4.69, 9.17) is 0 Å². The molecule has 1 aliphatic carbocycles. The van der Waals surface area contributed by atoms with Crippen LogP contribution in [0.2, 0.25) is 0 Å². The summed E-state index contributed by atoms with van der Waals surface area (Å²) in [6.07, 6.45) is 3.54. The largest absolute Gasteiger partial charge is 0.352 e. The Morgan fingerprint density at radius 1 is 1.46 bits per heavy atom. The van der Waals surface area contributed by atoms with Gasteiger partial charge in [0.25, 0.3) is 0 Å². The van der Waals surface area contributed by atoms with Gasteiger partial charge >= 0.3 is 0 Å². The molecule has 2 aromatic heterocycles. The van der Waals surface area contributed by atoms with Crippen molar-refractivity contribution in [3.05, 3.63) is 17.5 Å². The molecule has 3 rings (SSSR count). The Labute approximate surface area is 151 Å². The summed E-state index contributed by atoms with van der Waals surface area (Å²) in [4.78, 5) is 18.0. The van der Waals surface area contributed by atoms with Gasteiger partial charge in [-0.1, -0.05) is 44.5 Å². The van der Waals surface area contributed by atoms with E-state index in [0.29, 0.717) is 17.0 Å². The fourth-order valence-electron chi connectivity index (χ4n) is 3.12. The highest BCUT2D eigenvalue weighted by atomic mass is 32.2. The first-order valence-corrected chi connectivity index (χ1v) is 10.2. The predicted molar refractivity (Wildman–Crippen MR) is 99.1 cm³/mol. The Bertz CT molecular complexity index is 670. The topological polar surface area (TPSA) is 70.7 Å². The predicted octanol–water partition coefficient (Wildman–Crippen LogP) is 3.95. The molecule has 2 N–H and O–H groups in total. The molecule has 0 radical (unpaired) electrons. The van der Waals surface area contributed by atoms with E-state index >= 15 is 0 Å². The number of carbonyl (C=O) groups excluding carboxylic acids is 1. The number of carbonyl (C=O) groups is 1. The molecule has 0 saturated heterocycles. The highest BCUT2D eigenvalue weighted by Crippen LogP contribution is 2.30. The Kier molecular flexibility index (Phi) is 5.61. The fourth-order valence-corrected chi connectivity index (χ4v) is 4.52. The lowest BCUT2D eigenvalue weighted by Crippen LogP contribution is -2.46. The molecule has 7 heteroatoms. The van der Waals surface area contributed by atoms with Crippen LogP contribution in [0, 0.1) is 11.8 Å². The fraction of sp³-hybridized carbons (Fsp3) is 0.588. The summed E-state index contributed by atoms with van der Waals surface area (Å²) >= 11 is 3.02. The molecule has 0 spiro atoms. The van der Waals surface area contributed by atoms with Crippen LogP contribution in [0.1, 0.15) is 40.0 Å². The van der Waals surface area contributed by atoms with Gasteiger partial charge in [0.15, 0.2) is 5.82 Å². The van der Waals surface area contributed by atoms with Crippen LogP contribution < -0.4 is 5.32 Å². The van der Waals surface area contributed by atoms with Gasteiger partial charge in [0.05, 0.1) is 10.1 Å². The summed E-state index contributed by atoms with van der Waals surface area (Å²) in [5.74, 6) is 2.05. The van der Waals surface area contributed by atoms with Crippen molar-refractivity contribution in [1.29, 1.82) is 0 Å². The minimum absolute atomic E-state index is 0.0772. The summed E-state index contributed by atoms with van der Waals surface area (Å²) < 4.78 is 0. The van der Waals surface area contributed by atoms with Crippen LogP contribution in [0.25, 0.3) is 10.7 Å². The van der Waals surface area contributed by atoms with Crippen molar-refractivity contribution >= 4 is 29.0 Å². The molecule has 2 aromatic rings. The van der Waals surface area contributed by atoms with Gasteiger partial charge in [-0.05, 0) is 36.6 Å². The van der Waals surface area contributed by atoms with E-state index in [1.807, 2.05) is 24.4 Å². The van der Waals surface area contributed by atoms with Gasteiger partial charge in [-0.2, -0.15) is 0 Å². The Morgan fingerprint density at radius 3 is 3.04 bits per heavy atom. The number of rotatable bonds is 5. The van der Waals surface area contributed by atoms with E-state index in [-0.39, 0.29) is 17.2 Å². The zero-order chi connectivity index (χ0) is 17.1. The standard InChI is InChI=1S/C17H24N4OS2/c1-10-6-4-7-13(11(10)2)18-16(22)12(3)24-17-19-15(20-21-17)14-8-5-9-23-14/h5,8-13H,4,6-7H2,1-3H3,(H,18,22)(H,19,20,21)/t10-,11-,12-,13-/m1/s1. The van der Waals surface area contributed by atoms with Gasteiger partial charge < -0.3 is 5.32 Å². The molecule has 1 saturated carbocycles. The molecule has 130 valence electrons. The van der Waals surface area contributed by atoms with Crippen molar-refractivity contribution in [3.63, 3.8) is 0 Å². The third kappa shape index (κ3) is 4.00. The van der Waals surface area contributed by atoms with E-state index < -0.39 is 0 Å². The first-order chi connectivity index (χ1) is 11.5. The molecular formula is C17H24N4OS2. The Morgan fingerprint density at radius 2 is 2.29 bits per heavy atom. The van der Waals surface area contributed by atoms with Crippen molar-refractivity contribution in [3.8, 4) is 10.7 Å². The molecule has 5 nitrogen and oxygen atoms in total. The molecule has 1 aliphatic rings. The minimum atomic E-state index is -0.207. The molecule has 0 bridgehead atoms. The van der Waals surface area contributed by atoms with Crippen LogP contribution in [0.5, 0.6) is 0 Å². The number of thioether (sulfide) groups is 1. The van der Waals surface area contributed by atoms with E-state index in [9.17, 15) is 4.79 Å². The number of aromatic nitrogens is 3. The number of H-pyrrole nitrogens is 1. The quantitative estimate of drug-likeness (QED) is 0.788. The number of nitrogens with one attached hydrogen (secondary N) is 2. The third-order valence-corrected chi connectivity index (χ3v) is 6.74. The molecule has 1 fully saturated rings. The number of thiophene rings is 1. The number of nitrogens with zero attached hydrogens (tertiary/aromatic N) is 2. The lowest BCUT2D eigenvalue weighted by atomic mass is 9.78. The Hall–Kier alpha value is -1.34. The molecule has 2 heterocycles. The highest BCUT2D eigenvalue weighted by molar-refractivity contribution is 8.00. The summed E-state index contributed by atoms with van der Waals surface area (Å²) in [6, 6.07) is 4.28. The van der Waals surface area contributed by atoms with Gasteiger partial charge in [0.2, 0.25) is 11.1 Å². The average Bonchev–Trinajstić information content (AvgIpc) is 3.22. The minimum Gasteiger partial charge on any atom is -0.352 e. The van der Waals surface area contributed by atoms with Crippen molar-refractivity contribution < 1.29 is 4.79 Å². The molecule has 0 aliphatic heterocycles. The van der Waals surface area contributed by atoms with Crippen LogP contribution in [0.4, 0.5) is 0 Å². The molecular weight excluding hydrogens is 340 g/mol. The summed E-state index contributed by atoms with van der Waals surface area (Å²) in [7, 11) is 0. The maximum atomic E-state index is 12.5. The van der Waals surface area contributed by atoms with Crippen molar-refractivity contribution in [2.45, 2.75) is 56.5 Å². The normalized spacial score (nSPS) is 25.4. The maximum Gasteiger partial charge on any atom is 0.233 e. The Balaban J connectivity index is 1.56. The lowest BCUT2D eigenvalue weighted by Gasteiger charge is -2.35. The average molecular weight is 365 g/mol. The molecule has 24 heavy (non-hydrogen) atoms. The zero-order valence-corrected chi connectivity index (χ0v) is 15.9. The van der Waals surface area contributed by atoms with Crippen LogP contribution >= 0.6 is 23.1 Å². The highest BCUT2D eigenvalue weighted by Gasteiger charge is 2.29. The third-order valence-electron chi connectivity index (χ3n) is 4.91. The van der Waals surface area contributed by atoms with Crippen LogP contribution in [-0.4, -0.2) is 32.4 Å².